The van der Waals surface area contributed by atoms with Crippen molar-refractivity contribution in [1.29, 1.82) is 0 Å². The van der Waals surface area contributed by atoms with Crippen LogP contribution < -0.4 is 20.3 Å². The Kier molecular flexibility index (Phi) is 5.23. The molecule has 1 heterocycles. The standard InChI is InChI=1S/C18H18BrN3O3/c1-24-15-6-3-11(9-16(15)25-2)7-8-20-18-21-14-5-4-12(19)10-13(14)17(23)22-18/h3-6,9-10H,7-8H2,1-2H3,(H2,20,21,22,23). The highest BCUT2D eigenvalue weighted by Crippen LogP contribution is 2.27. The summed E-state index contributed by atoms with van der Waals surface area (Å²) < 4.78 is 11.4. The summed E-state index contributed by atoms with van der Waals surface area (Å²) in [5, 5.41) is 3.71. The molecule has 0 fully saturated rings. The van der Waals surface area contributed by atoms with Crippen molar-refractivity contribution in [2.75, 3.05) is 26.1 Å². The van der Waals surface area contributed by atoms with Crippen LogP contribution in [-0.4, -0.2) is 30.7 Å². The SMILES string of the molecule is COc1ccc(CCNc2nc3ccc(Br)cc3c(=O)[nH]2)cc1OC. The highest BCUT2D eigenvalue weighted by atomic mass is 79.9. The van der Waals surface area contributed by atoms with E-state index in [1.54, 1.807) is 20.3 Å². The molecule has 3 rings (SSSR count). The zero-order valence-electron chi connectivity index (χ0n) is 13.9. The van der Waals surface area contributed by atoms with Gasteiger partial charge in [-0.25, -0.2) is 4.98 Å². The quantitative estimate of drug-likeness (QED) is 0.659. The molecule has 0 aliphatic rings. The molecule has 0 unspecified atom stereocenters. The summed E-state index contributed by atoms with van der Waals surface area (Å²) >= 11 is 3.36. The van der Waals surface area contributed by atoms with Gasteiger partial charge in [-0.3, -0.25) is 9.78 Å². The third-order valence-electron chi connectivity index (χ3n) is 3.82. The lowest BCUT2D eigenvalue weighted by Crippen LogP contribution is -2.15. The number of nitrogens with zero attached hydrogens (tertiary/aromatic N) is 1. The lowest BCUT2D eigenvalue weighted by molar-refractivity contribution is 0.354. The summed E-state index contributed by atoms with van der Waals surface area (Å²) in [6.07, 6.45) is 0.752. The number of anilines is 1. The summed E-state index contributed by atoms with van der Waals surface area (Å²) in [5.41, 5.74) is 1.58. The second kappa shape index (κ2) is 7.57. The number of aromatic nitrogens is 2. The lowest BCUT2D eigenvalue weighted by atomic mass is 10.1. The van der Waals surface area contributed by atoms with Crippen molar-refractivity contribution in [2.45, 2.75) is 6.42 Å². The van der Waals surface area contributed by atoms with Gasteiger partial charge in [0, 0.05) is 11.0 Å². The van der Waals surface area contributed by atoms with Crippen molar-refractivity contribution in [3.63, 3.8) is 0 Å². The summed E-state index contributed by atoms with van der Waals surface area (Å²) in [7, 11) is 3.22. The zero-order chi connectivity index (χ0) is 17.8. The van der Waals surface area contributed by atoms with Gasteiger partial charge in [0.15, 0.2) is 11.5 Å². The van der Waals surface area contributed by atoms with E-state index in [1.165, 1.54) is 0 Å². The maximum Gasteiger partial charge on any atom is 0.260 e. The predicted molar refractivity (Wildman–Crippen MR) is 102 cm³/mol. The van der Waals surface area contributed by atoms with Gasteiger partial charge in [0.25, 0.3) is 5.56 Å². The molecule has 2 aromatic carbocycles. The third kappa shape index (κ3) is 3.93. The molecule has 25 heavy (non-hydrogen) atoms. The fourth-order valence-corrected chi connectivity index (χ4v) is 2.92. The number of methoxy groups -OCH3 is 2. The molecule has 0 atom stereocenters. The van der Waals surface area contributed by atoms with Crippen molar-refractivity contribution in [3.8, 4) is 11.5 Å². The number of ether oxygens (including phenoxy) is 2. The summed E-state index contributed by atoms with van der Waals surface area (Å²) in [6, 6.07) is 11.2. The second-order valence-electron chi connectivity index (χ2n) is 5.44. The number of aromatic amines is 1. The minimum atomic E-state index is -0.167. The number of benzene rings is 2. The number of nitrogens with one attached hydrogen (secondary N) is 2. The van der Waals surface area contributed by atoms with E-state index in [0.29, 0.717) is 34.9 Å². The van der Waals surface area contributed by atoms with Gasteiger partial charge in [0.1, 0.15) is 0 Å². The normalized spacial score (nSPS) is 10.7. The molecule has 0 radical (unpaired) electrons. The summed E-state index contributed by atoms with van der Waals surface area (Å²) in [4.78, 5) is 19.4. The lowest BCUT2D eigenvalue weighted by Gasteiger charge is -2.10. The van der Waals surface area contributed by atoms with Crippen molar-refractivity contribution < 1.29 is 9.47 Å². The van der Waals surface area contributed by atoms with E-state index in [9.17, 15) is 4.79 Å². The first-order valence-corrected chi connectivity index (χ1v) is 8.54. The Morgan fingerprint density at radius 1 is 1.12 bits per heavy atom. The maximum absolute atomic E-state index is 12.2. The van der Waals surface area contributed by atoms with Crippen LogP contribution in [0.4, 0.5) is 5.95 Å². The second-order valence-corrected chi connectivity index (χ2v) is 6.36. The predicted octanol–water partition coefficient (Wildman–Crippen LogP) is 3.36. The minimum Gasteiger partial charge on any atom is -0.493 e. The molecule has 0 bridgehead atoms. The van der Waals surface area contributed by atoms with E-state index in [2.05, 4.69) is 31.2 Å². The van der Waals surface area contributed by atoms with E-state index in [4.69, 9.17) is 9.47 Å². The van der Waals surface area contributed by atoms with Crippen LogP contribution in [0.25, 0.3) is 10.9 Å². The highest BCUT2D eigenvalue weighted by Gasteiger charge is 2.06. The fourth-order valence-electron chi connectivity index (χ4n) is 2.56. The summed E-state index contributed by atoms with van der Waals surface area (Å²) in [5.74, 6) is 1.86. The molecular weight excluding hydrogens is 386 g/mol. The first-order chi connectivity index (χ1) is 12.1. The molecular formula is C18H18BrN3O3. The molecule has 7 heteroatoms. The Hall–Kier alpha value is -2.54. The van der Waals surface area contributed by atoms with Gasteiger partial charge in [-0.15, -0.1) is 0 Å². The number of hydrogen-bond acceptors (Lipinski definition) is 5. The fraction of sp³-hybridized carbons (Fsp3) is 0.222. The van der Waals surface area contributed by atoms with Crippen LogP contribution in [-0.2, 0) is 6.42 Å². The van der Waals surface area contributed by atoms with Crippen LogP contribution >= 0.6 is 15.9 Å². The topological polar surface area (TPSA) is 76.2 Å². The first kappa shape index (κ1) is 17.3. The van der Waals surface area contributed by atoms with Gasteiger partial charge in [0.05, 0.1) is 25.1 Å². The number of H-pyrrole nitrogens is 1. The molecule has 130 valence electrons. The third-order valence-corrected chi connectivity index (χ3v) is 4.31. The molecule has 0 aliphatic heterocycles. The van der Waals surface area contributed by atoms with E-state index >= 15 is 0 Å². The largest absolute Gasteiger partial charge is 0.493 e. The van der Waals surface area contributed by atoms with E-state index < -0.39 is 0 Å². The molecule has 0 spiro atoms. The van der Waals surface area contributed by atoms with E-state index in [0.717, 1.165) is 16.5 Å². The van der Waals surface area contributed by atoms with Crippen molar-refractivity contribution in [2.24, 2.45) is 0 Å². The number of rotatable bonds is 6. The summed E-state index contributed by atoms with van der Waals surface area (Å²) in [6.45, 7) is 0.625. The van der Waals surface area contributed by atoms with Gasteiger partial charge in [-0.1, -0.05) is 22.0 Å². The van der Waals surface area contributed by atoms with Gasteiger partial charge < -0.3 is 14.8 Å². The van der Waals surface area contributed by atoms with Crippen LogP contribution in [0.15, 0.2) is 45.7 Å². The average molecular weight is 404 g/mol. The van der Waals surface area contributed by atoms with Crippen molar-refractivity contribution in [1.82, 2.24) is 9.97 Å². The van der Waals surface area contributed by atoms with E-state index in [-0.39, 0.29) is 5.56 Å². The van der Waals surface area contributed by atoms with Crippen LogP contribution in [0.2, 0.25) is 0 Å². The Morgan fingerprint density at radius 3 is 2.68 bits per heavy atom. The van der Waals surface area contributed by atoms with Crippen LogP contribution in [0, 0.1) is 0 Å². The van der Waals surface area contributed by atoms with E-state index in [1.807, 2.05) is 30.3 Å². The molecule has 0 saturated heterocycles. The number of hydrogen-bond donors (Lipinski definition) is 2. The average Bonchev–Trinajstić information content (AvgIpc) is 2.62. The molecule has 0 aliphatic carbocycles. The van der Waals surface area contributed by atoms with Crippen LogP contribution in [0.5, 0.6) is 11.5 Å². The maximum atomic E-state index is 12.2. The highest BCUT2D eigenvalue weighted by molar-refractivity contribution is 9.10. The molecule has 2 N–H and O–H groups in total. The Morgan fingerprint density at radius 2 is 1.92 bits per heavy atom. The smallest absolute Gasteiger partial charge is 0.260 e. The molecule has 0 saturated carbocycles. The van der Waals surface area contributed by atoms with Crippen LogP contribution in [0.3, 0.4) is 0 Å². The Bertz CT molecular complexity index is 956. The minimum absolute atomic E-state index is 0.167. The molecule has 3 aromatic rings. The van der Waals surface area contributed by atoms with Crippen molar-refractivity contribution >= 4 is 32.8 Å². The molecule has 1 aromatic heterocycles. The first-order valence-electron chi connectivity index (χ1n) is 7.75. The Labute approximate surface area is 153 Å². The number of halogens is 1. The van der Waals surface area contributed by atoms with Gasteiger partial charge in [-0.05, 0) is 42.3 Å². The monoisotopic (exact) mass is 403 g/mol. The van der Waals surface area contributed by atoms with Crippen LogP contribution in [0.1, 0.15) is 5.56 Å². The Balaban J connectivity index is 1.71. The zero-order valence-corrected chi connectivity index (χ0v) is 15.5. The van der Waals surface area contributed by atoms with Gasteiger partial charge in [-0.2, -0.15) is 0 Å². The molecule has 6 nitrogen and oxygen atoms in total. The van der Waals surface area contributed by atoms with Gasteiger partial charge in [0.2, 0.25) is 5.95 Å². The van der Waals surface area contributed by atoms with Crippen molar-refractivity contribution in [3.05, 3.63) is 56.8 Å². The molecule has 0 amide bonds. The van der Waals surface area contributed by atoms with Gasteiger partial charge >= 0.3 is 0 Å². The number of fused-ring (bicyclic) bond motifs is 1.